The van der Waals surface area contributed by atoms with Crippen LogP contribution in [0.2, 0.25) is 0 Å². The fourth-order valence-electron chi connectivity index (χ4n) is 2.59. The zero-order valence-corrected chi connectivity index (χ0v) is 9.99. The first kappa shape index (κ1) is 10.7. The van der Waals surface area contributed by atoms with Crippen molar-refractivity contribution in [3.05, 3.63) is 0 Å². The largest absolute Gasteiger partial charge is 0.331 e. The Balaban J connectivity index is 1.84. The highest BCUT2D eigenvalue weighted by Gasteiger charge is 2.46. The molecule has 2 fully saturated rings. The van der Waals surface area contributed by atoms with E-state index in [9.17, 15) is 4.79 Å². The van der Waals surface area contributed by atoms with Crippen LogP contribution in [0.4, 0.5) is 4.79 Å². The number of amides is 2. The van der Waals surface area contributed by atoms with Crippen LogP contribution < -0.4 is 0 Å². The molecule has 0 aromatic rings. The first-order valence-electron chi connectivity index (χ1n) is 5.67. The lowest BCUT2D eigenvalue weighted by atomic mass is 9.72. The average molecular weight is 211 g/mol. The second-order valence-electron chi connectivity index (χ2n) is 5.34. The van der Waals surface area contributed by atoms with E-state index in [1.807, 2.05) is 19.0 Å². The number of hydrogen-bond donors (Lipinski definition) is 0. The molecule has 0 aliphatic carbocycles. The minimum absolute atomic E-state index is 0.166. The van der Waals surface area contributed by atoms with Crippen LogP contribution in [0, 0.1) is 5.41 Å². The molecule has 0 N–H and O–H groups in total. The molecule has 4 nitrogen and oxygen atoms in total. The van der Waals surface area contributed by atoms with Crippen LogP contribution in [-0.2, 0) is 0 Å². The van der Waals surface area contributed by atoms with E-state index < -0.39 is 0 Å². The van der Waals surface area contributed by atoms with Gasteiger partial charge in [0.1, 0.15) is 0 Å². The second-order valence-corrected chi connectivity index (χ2v) is 5.34. The van der Waals surface area contributed by atoms with E-state index in [0.29, 0.717) is 5.41 Å². The SMILES string of the molecule is CN1CCC2(CC1)CN(C(=O)N(C)C)C2. The number of carbonyl (C=O) groups is 1. The van der Waals surface area contributed by atoms with Gasteiger partial charge in [0.15, 0.2) is 0 Å². The molecule has 0 aromatic heterocycles. The van der Waals surface area contributed by atoms with E-state index in [1.165, 1.54) is 25.9 Å². The molecule has 2 aliphatic heterocycles. The summed E-state index contributed by atoms with van der Waals surface area (Å²) in [6, 6.07) is 0.166. The van der Waals surface area contributed by atoms with E-state index in [2.05, 4.69) is 11.9 Å². The molecule has 0 saturated carbocycles. The minimum Gasteiger partial charge on any atom is -0.331 e. The summed E-state index contributed by atoms with van der Waals surface area (Å²) in [6.45, 7) is 4.31. The van der Waals surface area contributed by atoms with Gasteiger partial charge in [0.2, 0.25) is 0 Å². The molecule has 2 heterocycles. The standard InChI is InChI=1S/C11H21N3O/c1-12(2)10(15)14-8-11(9-14)4-6-13(3)7-5-11/h4-9H2,1-3H3. The topological polar surface area (TPSA) is 26.8 Å². The fourth-order valence-corrected chi connectivity index (χ4v) is 2.59. The van der Waals surface area contributed by atoms with Gasteiger partial charge in [-0.15, -0.1) is 0 Å². The van der Waals surface area contributed by atoms with Crippen molar-refractivity contribution in [2.75, 3.05) is 47.3 Å². The number of carbonyl (C=O) groups excluding carboxylic acids is 1. The van der Waals surface area contributed by atoms with Crippen molar-refractivity contribution in [3.63, 3.8) is 0 Å². The molecule has 0 aromatic carbocycles. The minimum atomic E-state index is 0.166. The Morgan fingerprint density at radius 1 is 1.20 bits per heavy atom. The molecule has 2 amide bonds. The number of likely N-dealkylation sites (tertiary alicyclic amines) is 2. The number of piperidine rings is 1. The van der Waals surface area contributed by atoms with Crippen molar-refractivity contribution in [1.29, 1.82) is 0 Å². The lowest BCUT2D eigenvalue weighted by Gasteiger charge is -2.54. The first-order valence-corrected chi connectivity index (χ1v) is 5.67. The molecule has 2 aliphatic rings. The van der Waals surface area contributed by atoms with Crippen LogP contribution in [0.1, 0.15) is 12.8 Å². The summed E-state index contributed by atoms with van der Waals surface area (Å²) in [4.78, 5) is 17.7. The molecule has 86 valence electrons. The molecular weight excluding hydrogens is 190 g/mol. The van der Waals surface area contributed by atoms with Gasteiger partial charge >= 0.3 is 6.03 Å². The Bertz CT molecular complexity index is 249. The first-order chi connectivity index (χ1) is 7.02. The van der Waals surface area contributed by atoms with E-state index in [4.69, 9.17) is 0 Å². The lowest BCUT2D eigenvalue weighted by Crippen LogP contribution is -2.63. The van der Waals surface area contributed by atoms with Crippen molar-refractivity contribution in [1.82, 2.24) is 14.7 Å². The van der Waals surface area contributed by atoms with Crippen molar-refractivity contribution in [2.45, 2.75) is 12.8 Å². The van der Waals surface area contributed by atoms with Crippen LogP contribution in [0.15, 0.2) is 0 Å². The fraction of sp³-hybridized carbons (Fsp3) is 0.909. The van der Waals surface area contributed by atoms with E-state index >= 15 is 0 Å². The van der Waals surface area contributed by atoms with Crippen LogP contribution in [-0.4, -0.2) is 68.1 Å². The molecular formula is C11H21N3O. The third-order valence-corrected chi connectivity index (χ3v) is 3.75. The van der Waals surface area contributed by atoms with Gasteiger partial charge in [0, 0.05) is 32.6 Å². The maximum absolute atomic E-state index is 11.7. The third-order valence-electron chi connectivity index (χ3n) is 3.75. The molecule has 1 spiro atoms. The van der Waals surface area contributed by atoms with Crippen molar-refractivity contribution in [3.8, 4) is 0 Å². The van der Waals surface area contributed by atoms with Crippen molar-refractivity contribution in [2.24, 2.45) is 5.41 Å². The summed E-state index contributed by atoms with van der Waals surface area (Å²) in [5, 5.41) is 0. The average Bonchev–Trinajstić information content (AvgIpc) is 2.15. The highest BCUT2D eigenvalue weighted by molar-refractivity contribution is 5.74. The normalized spacial score (nSPS) is 25.1. The van der Waals surface area contributed by atoms with Gasteiger partial charge in [-0.1, -0.05) is 0 Å². The summed E-state index contributed by atoms with van der Waals surface area (Å²) < 4.78 is 0. The van der Waals surface area contributed by atoms with Crippen molar-refractivity contribution < 1.29 is 4.79 Å². The van der Waals surface area contributed by atoms with E-state index in [-0.39, 0.29) is 6.03 Å². The number of nitrogens with zero attached hydrogens (tertiary/aromatic N) is 3. The molecule has 2 rings (SSSR count). The Morgan fingerprint density at radius 2 is 1.73 bits per heavy atom. The Labute approximate surface area is 91.8 Å². The maximum atomic E-state index is 11.7. The quantitative estimate of drug-likeness (QED) is 0.589. The molecule has 0 unspecified atom stereocenters. The number of rotatable bonds is 0. The van der Waals surface area contributed by atoms with Crippen LogP contribution in [0.5, 0.6) is 0 Å². The van der Waals surface area contributed by atoms with Crippen LogP contribution in [0.25, 0.3) is 0 Å². The molecule has 2 saturated heterocycles. The van der Waals surface area contributed by atoms with Crippen LogP contribution >= 0.6 is 0 Å². The molecule has 0 bridgehead atoms. The second kappa shape index (κ2) is 3.67. The van der Waals surface area contributed by atoms with E-state index in [0.717, 1.165) is 13.1 Å². The maximum Gasteiger partial charge on any atom is 0.319 e. The van der Waals surface area contributed by atoms with Gasteiger partial charge in [0.25, 0.3) is 0 Å². The number of urea groups is 1. The zero-order valence-electron chi connectivity index (χ0n) is 9.99. The van der Waals surface area contributed by atoms with Crippen LogP contribution in [0.3, 0.4) is 0 Å². The highest BCUT2D eigenvalue weighted by atomic mass is 16.2. The highest BCUT2D eigenvalue weighted by Crippen LogP contribution is 2.40. The Morgan fingerprint density at radius 3 is 2.20 bits per heavy atom. The van der Waals surface area contributed by atoms with Gasteiger partial charge in [-0.3, -0.25) is 0 Å². The summed E-state index contributed by atoms with van der Waals surface area (Å²) >= 11 is 0. The zero-order chi connectivity index (χ0) is 11.1. The predicted octanol–water partition coefficient (Wildman–Crippen LogP) is 0.696. The number of hydrogen-bond acceptors (Lipinski definition) is 2. The third kappa shape index (κ3) is 1.95. The Kier molecular flexibility index (Phi) is 2.63. The monoisotopic (exact) mass is 211 g/mol. The van der Waals surface area contributed by atoms with Crippen molar-refractivity contribution >= 4 is 6.03 Å². The summed E-state index contributed by atoms with van der Waals surface area (Å²) in [5.74, 6) is 0. The van der Waals surface area contributed by atoms with Gasteiger partial charge in [-0.25, -0.2) is 4.79 Å². The summed E-state index contributed by atoms with van der Waals surface area (Å²) in [6.07, 6.45) is 2.50. The van der Waals surface area contributed by atoms with Gasteiger partial charge in [-0.2, -0.15) is 0 Å². The lowest BCUT2D eigenvalue weighted by molar-refractivity contribution is -0.0223. The Hall–Kier alpha value is -0.770. The molecule has 4 heteroatoms. The predicted molar refractivity (Wildman–Crippen MR) is 59.8 cm³/mol. The summed E-state index contributed by atoms with van der Waals surface area (Å²) in [5.41, 5.74) is 0.457. The molecule has 15 heavy (non-hydrogen) atoms. The van der Waals surface area contributed by atoms with Gasteiger partial charge in [-0.05, 0) is 33.0 Å². The van der Waals surface area contributed by atoms with Gasteiger partial charge in [0.05, 0.1) is 0 Å². The van der Waals surface area contributed by atoms with Gasteiger partial charge < -0.3 is 14.7 Å². The summed E-state index contributed by atoms with van der Waals surface area (Å²) in [7, 11) is 5.82. The van der Waals surface area contributed by atoms with E-state index in [1.54, 1.807) is 4.90 Å². The molecule has 0 atom stereocenters. The molecule has 0 radical (unpaired) electrons. The smallest absolute Gasteiger partial charge is 0.319 e.